The van der Waals surface area contributed by atoms with E-state index in [9.17, 15) is 14.4 Å². The summed E-state index contributed by atoms with van der Waals surface area (Å²) in [6, 6.07) is 8.16. The van der Waals surface area contributed by atoms with Crippen LogP contribution in [0.4, 0.5) is 0 Å². The molecule has 3 aromatic rings. The smallest absolute Gasteiger partial charge is 0.326 e. The first kappa shape index (κ1) is 17.7. The van der Waals surface area contributed by atoms with E-state index in [1.54, 1.807) is 44.2 Å². The molecule has 28 heavy (non-hydrogen) atoms. The number of carbonyl (C=O) groups is 3. The average molecular weight is 381 g/mol. The molecule has 0 aliphatic carbocycles. The van der Waals surface area contributed by atoms with Crippen molar-refractivity contribution in [3.05, 3.63) is 58.9 Å². The van der Waals surface area contributed by atoms with E-state index in [1.165, 1.54) is 0 Å². The van der Waals surface area contributed by atoms with Crippen LogP contribution in [0.3, 0.4) is 0 Å². The van der Waals surface area contributed by atoms with Crippen LogP contribution in [-0.4, -0.2) is 39.4 Å². The van der Waals surface area contributed by atoms with Crippen LogP contribution in [0, 0.1) is 13.8 Å². The Kier molecular flexibility index (Phi) is 4.26. The van der Waals surface area contributed by atoms with Crippen molar-refractivity contribution in [3.63, 3.8) is 0 Å². The van der Waals surface area contributed by atoms with E-state index >= 15 is 0 Å². The number of fused-ring (bicyclic) bond motifs is 1. The van der Waals surface area contributed by atoms with E-state index in [2.05, 4.69) is 10.2 Å². The van der Waals surface area contributed by atoms with Crippen molar-refractivity contribution in [1.82, 2.24) is 15.1 Å². The molecule has 0 fully saturated rings. The monoisotopic (exact) mass is 381 g/mol. The third kappa shape index (κ3) is 3.07. The summed E-state index contributed by atoms with van der Waals surface area (Å²) < 4.78 is 16.0. The van der Waals surface area contributed by atoms with Crippen molar-refractivity contribution in [3.8, 4) is 11.5 Å². The first-order valence-corrected chi connectivity index (χ1v) is 8.44. The second kappa shape index (κ2) is 6.76. The fourth-order valence-corrected chi connectivity index (χ4v) is 2.96. The summed E-state index contributed by atoms with van der Waals surface area (Å²) in [4.78, 5) is 37.4. The zero-order valence-electron chi connectivity index (χ0n) is 15.1. The summed E-state index contributed by atoms with van der Waals surface area (Å²) in [7, 11) is 0. The maximum atomic E-state index is 12.3. The molecule has 4 rings (SSSR count). The molecule has 3 heterocycles. The molecule has 1 aliphatic heterocycles. The Morgan fingerprint density at radius 1 is 1.04 bits per heavy atom. The highest BCUT2D eigenvalue weighted by atomic mass is 16.5. The van der Waals surface area contributed by atoms with Crippen molar-refractivity contribution in [2.75, 3.05) is 6.54 Å². The number of hydrogen-bond acceptors (Lipinski definition) is 8. The fourth-order valence-electron chi connectivity index (χ4n) is 2.96. The van der Waals surface area contributed by atoms with Gasteiger partial charge in [-0.25, -0.2) is 0 Å². The summed E-state index contributed by atoms with van der Waals surface area (Å²) in [5.41, 5.74) is 1.20. The molecule has 0 unspecified atom stereocenters. The van der Waals surface area contributed by atoms with Crippen LogP contribution in [0.25, 0.3) is 11.5 Å². The van der Waals surface area contributed by atoms with Crippen LogP contribution in [0.1, 0.15) is 38.1 Å². The minimum atomic E-state index is -0.760. The van der Waals surface area contributed by atoms with Crippen molar-refractivity contribution >= 4 is 17.8 Å². The van der Waals surface area contributed by atoms with Gasteiger partial charge in [-0.1, -0.05) is 12.1 Å². The molecular formula is C19H15N3O6. The predicted molar refractivity (Wildman–Crippen MR) is 93.1 cm³/mol. The average Bonchev–Trinajstić information content (AvgIpc) is 3.34. The van der Waals surface area contributed by atoms with E-state index in [4.69, 9.17) is 13.6 Å². The van der Waals surface area contributed by atoms with Gasteiger partial charge in [0.05, 0.1) is 16.7 Å². The van der Waals surface area contributed by atoms with Gasteiger partial charge in [-0.3, -0.25) is 19.3 Å². The van der Waals surface area contributed by atoms with Crippen LogP contribution in [0.2, 0.25) is 0 Å². The first-order chi connectivity index (χ1) is 13.4. The molecule has 0 radical (unpaired) electrons. The molecule has 0 spiro atoms. The van der Waals surface area contributed by atoms with Crippen molar-refractivity contribution in [2.45, 2.75) is 20.5 Å². The lowest BCUT2D eigenvalue weighted by molar-refractivity contribution is -0.145. The number of carbonyl (C=O) groups excluding carboxylic acids is 3. The zero-order valence-corrected chi connectivity index (χ0v) is 15.1. The number of benzene rings is 1. The molecule has 2 amide bonds. The summed E-state index contributed by atoms with van der Waals surface area (Å²) in [5.74, 6) is -0.129. The van der Waals surface area contributed by atoms with Gasteiger partial charge in [-0.15, -0.1) is 10.2 Å². The number of hydrogen-bond donors (Lipinski definition) is 0. The number of rotatable bonds is 5. The fraction of sp³-hybridized carbons (Fsp3) is 0.211. The molecule has 2 aromatic heterocycles. The van der Waals surface area contributed by atoms with E-state index in [-0.39, 0.29) is 29.5 Å². The van der Waals surface area contributed by atoms with Gasteiger partial charge in [0, 0.05) is 0 Å². The third-order valence-corrected chi connectivity index (χ3v) is 4.26. The van der Waals surface area contributed by atoms with E-state index in [1.807, 2.05) is 0 Å². The van der Waals surface area contributed by atoms with Crippen LogP contribution < -0.4 is 0 Å². The number of esters is 1. The first-order valence-electron chi connectivity index (χ1n) is 8.44. The molecule has 0 N–H and O–H groups in total. The number of imide groups is 1. The number of furan rings is 1. The van der Waals surface area contributed by atoms with Gasteiger partial charge >= 0.3 is 5.97 Å². The summed E-state index contributed by atoms with van der Waals surface area (Å²) >= 11 is 0. The molecular weight excluding hydrogens is 366 g/mol. The number of ether oxygens (including phenoxy) is 1. The van der Waals surface area contributed by atoms with Gasteiger partial charge < -0.3 is 13.6 Å². The van der Waals surface area contributed by atoms with Crippen molar-refractivity contribution in [1.29, 1.82) is 0 Å². The number of aromatic nitrogens is 2. The Labute approximate surface area is 158 Å². The number of aryl methyl sites for hydroxylation is 2. The topological polar surface area (TPSA) is 116 Å². The number of amides is 2. The predicted octanol–water partition coefficient (Wildman–Crippen LogP) is 2.29. The van der Waals surface area contributed by atoms with E-state index in [0.29, 0.717) is 17.1 Å². The van der Waals surface area contributed by atoms with Crippen molar-refractivity contribution < 1.29 is 28.0 Å². The maximum absolute atomic E-state index is 12.3. The second-order valence-corrected chi connectivity index (χ2v) is 6.23. The molecule has 1 aromatic carbocycles. The highest BCUT2D eigenvalue weighted by Gasteiger charge is 2.36. The molecule has 1 aliphatic rings. The quantitative estimate of drug-likeness (QED) is 0.488. The minimum absolute atomic E-state index is 0.0870. The lowest BCUT2D eigenvalue weighted by Crippen LogP contribution is -2.35. The van der Waals surface area contributed by atoms with Gasteiger partial charge in [0.1, 0.15) is 18.1 Å². The van der Waals surface area contributed by atoms with Crippen LogP contribution in [0.5, 0.6) is 0 Å². The van der Waals surface area contributed by atoms with E-state index < -0.39 is 24.3 Å². The Bertz CT molecular complexity index is 1060. The third-order valence-electron chi connectivity index (χ3n) is 4.26. The van der Waals surface area contributed by atoms with Gasteiger partial charge in [-0.2, -0.15) is 0 Å². The Morgan fingerprint density at radius 3 is 2.32 bits per heavy atom. The van der Waals surface area contributed by atoms with E-state index in [0.717, 1.165) is 4.90 Å². The lowest BCUT2D eigenvalue weighted by atomic mass is 10.1. The molecule has 9 heteroatoms. The standard InChI is InChI=1S/C19H15N3O6/c1-10-7-14(11(2)27-10)17-21-20-15(28-17)9-26-16(23)8-22-18(24)12-5-3-4-6-13(12)19(22)25/h3-7H,8-9H2,1-2H3. The van der Waals surface area contributed by atoms with Gasteiger partial charge in [0.25, 0.3) is 23.6 Å². The van der Waals surface area contributed by atoms with Crippen LogP contribution >= 0.6 is 0 Å². The normalized spacial score (nSPS) is 13.1. The Balaban J connectivity index is 1.38. The van der Waals surface area contributed by atoms with Gasteiger partial charge in [0.15, 0.2) is 6.61 Å². The molecule has 0 saturated heterocycles. The maximum Gasteiger partial charge on any atom is 0.326 e. The molecule has 0 bridgehead atoms. The van der Waals surface area contributed by atoms with Crippen LogP contribution in [0.15, 0.2) is 39.2 Å². The molecule has 9 nitrogen and oxygen atoms in total. The van der Waals surface area contributed by atoms with Gasteiger partial charge in [0.2, 0.25) is 0 Å². The number of nitrogens with zero attached hydrogens (tertiary/aromatic N) is 3. The molecule has 0 atom stereocenters. The zero-order chi connectivity index (χ0) is 19.8. The minimum Gasteiger partial charge on any atom is -0.466 e. The summed E-state index contributed by atoms with van der Waals surface area (Å²) in [5, 5.41) is 7.73. The van der Waals surface area contributed by atoms with Crippen molar-refractivity contribution in [2.24, 2.45) is 0 Å². The highest BCUT2D eigenvalue weighted by molar-refractivity contribution is 6.22. The molecule has 142 valence electrons. The van der Waals surface area contributed by atoms with Gasteiger partial charge in [-0.05, 0) is 32.0 Å². The van der Waals surface area contributed by atoms with Crippen LogP contribution in [-0.2, 0) is 16.1 Å². The Hall–Kier alpha value is -3.75. The summed E-state index contributed by atoms with van der Waals surface area (Å²) in [6.45, 7) is 2.81. The second-order valence-electron chi connectivity index (χ2n) is 6.23. The summed E-state index contributed by atoms with van der Waals surface area (Å²) in [6.07, 6.45) is 0. The highest BCUT2D eigenvalue weighted by Crippen LogP contribution is 2.25. The largest absolute Gasteiger partial charge is 0.466 e. The lowest BCUT2D eigenvalue weighted by Gasteiger charge is -2.12. The molecule has 0 saturated carbocycles. The SMILES string of the molecule is Cc1cc(-c2nnc(COC(=O)CN3C(=O)c4ccccc4C3=O)o2)c(C)o1. The Morgan fingerprint density at radius 2 is 1.71 bits per heavy atom.